The lowest BCUT2D eigenvalue weighted by molar-refractivity contribution is -0.290. The van der Waals surface area contributed by atoms with Crippen LogP contribution in [0.4, 0.5) is 27.6 Å². The lowest BCUT2D eigenvalue weighted by Gasteiger charge is -2.19. The highest BCUT2D eigenvalue weighted by Crippen LogP contribution is 2.35. The fraction of sp³-hybridized carbons (Fsp3) is 0.545. The molecule has 0 aliphatic heterocycles. The molecule has 0 spiro atoms. The Morgan fingerprint density at radius 2 is 1.89 bits per heavy atom. The molecular weight excluding hydrogens is 271 g/mol. The normalized spacial score (nSPS) is 12.3. The molecule has 108 valence electrons. The van der Waals surface area contributed by atoms with Gasteiger partial charge in [-0.15, -0.1) is 0 Å². The zero-order valence-electron chi connectivity index (χ0n) is 10.1. The van der Waals surface area contributed by atoms with Gasteiger partial charge in [0.05, 0.1) is 18.1 Å². The number of ether oxygens (including phenoxy) is 1. The third-order valence-electron chi connectivity index (χ3n) is 2.13. The molecule has 1 N–H and O–H groups in total. The highest BCUT2D eigenvalue weighted by Gasteiger charge is 2.58. The van der Waals surface area contributed by atoms with Gasteiger partial charge in [0, 0.05) is 12.6 Å². The first-order valence-electron chi connectivity index (χ1n) is 5.52. The molecule has 1 aromatic rings. The number of hydrogen-bond donors (Lipinski definition) is 1. The predicted octanol–water partition coefficient (Wildman–Crippen LogP) is 3.48. The topological polar surface area (TPSA) is 34.2 Å². The number of alkyl halides is 5. The minimum absolute atomic E-state index is 0.148. The van der Waals surface area contributed by atoms with Crippen molar-refractivity contribution in [1.82, 2.24) is 4.98 Å². The first kappa shape index (κ1) is 15.5. The molecule has 3 nitrogen and oxygen atoms in total. The van der Waals surface area contributed by atoms with Crippen molar-refractivity contribution in [1.29, 1.82) is 0 Å². The Hall–Kier alpha value is -1.60. The highest BCUT2D eigenvalue weighted by atomic mass is 19.4. The average Bonchev–Trinajstić information content (AvgIpc) is 2.33. The second kappa shape index (κ2) is 6.03. The monoisotopic (exact) mass is 284 g/mol. The SMILES string of the molecule is CCCNc1cncc(OCC(F)(F)C(F)(F)F)c1. The van der Waals surface area contributed by atoms with Crippen molar-refractivity contribution in [3.8, 4) is 5.75 Å². The number of nitrogens with zero attached hydrogens (tertiary/aromatic N) is 1. The number of aromatic nitrogens is 1. The van der Waals surface area contributed by atoms with Gasteiger partial charge in [-0.1, -0.05) is 6.92 Å². The number of pyridine rings is 1. The fourth-order valence-electron chi connectivity index (χ4n) is 1.12. The number of nitrogens with one attached hydrogen (secondary N) is 1. The molecule has 0 radical (unpaired) electrons. The molecule has 0 fully saturated rings. The van der Waals surface area contributed by atoms with E-state index in [1.54, 1.807) is 0 Å². The van der Waals surface area contributed by atoms with Gasteiger partial charge >= 0.3 is 12.1 Å². The summed E-state index contributed by atoms with van der Waals surface area (Å²) in [6.07, 6.45) is -2.30. The molecule has 0 bridgehead atoms. The lowest BCUT2D eigenvalue weighted by atomic mass is 10.3. The second-order valence-corrected chi connectivity index (χ2v) is 3.83. The number of rotatable bonds is 6. The summed E-state index contributed by atoms with van der Waals surface area (Å²) in [5.41, 5.74) is 0.495. The maximum Gasteiger partial charge on any atom is 0.456 e. The molecular formula is C11H13F5N2O. The lowest BCUT2D eigenvalue weighted by Crippen LogP contribution is -2.41. The Bertz CT molecular complexity index is 408. The Balaban J connectivity index is 2.63. The summed E-state index contributed by atoms with van der Waals surface area (Å²) in [6, 6.07) is 1.31. The molecule has 0 saturated carbocycles. The van der Waals surface area contributed by atoms with Crippen LogP contribution in [-0.2, 0) is 0 Å². The molecule has 0 aliphatic rings. The van der Waals surface area contributed by atoms with E-state index in [0.717, 1.165) is 12.6 Å². The smallest absolute Gasteiger partial charge is 0.456 e. The van der Waals surface area contributed by atoms with Crippen LogP contribution < -0.4 is 10.1 Å². The molecule has 0 aliphatic carbocycles. The highest BCUT2D eigenvalue weighted by molar-refractivity contribution is 5.45. The van der Waals surface area contributed by atoms with Crippen molar-refractivity contribution in [3.05, 3.63) is 18.5 Å². The van der Waals surface area contributed by atoms with Gasteiger partial charge in [0.25, 0.3) is 0 Å². The van der Waals surface area contributed by atoms with Gasteiger partial charge in [-0.05, 0) is 6.42 Å². The van der Waals surface area contributed by atoms with Crippen molar-refractivity contribution in [2.24, 2.45) is 0 Å². The van der Waals surface area contributed by atoms with Gasteiger partial charge in [-0.3, -0.25) is 4.98 Å². The van der Waals surface area contributed by atoms with Gasteiger partial charge in [-0.25, -0.2) is 0 Å². The molecule has 1 rings (SSSR count). The number of anilines is 1. The molecule has 0 atom stereocenters. The molecule has 0 unspecified atom stereocenters. The van der Waals surface area contributed by atoms with Crippen LogP contribution in [0.25, 0.3) is 0 Å². The summed E-state index contributed by atoms with van der Waals surface area (Å²) < 4.78 is 65.5. The van der Waals surface area contributed by atoms with Crippen LogP contribution in [0.3, 0.4) is 0 Å². The van der Waals surface area contributed by atoms with E-state index in [4.69, 9.17) is 0 Å². The summed E-state index contributed by atoms with van der Waals surface area (Å²) in [7, 11) is 0. The zero-order valence-corrected chi connectivity index (χ0v) is 10.1. The van der Waals surface area contributed by atoms with Crippen LogP contribution in [0.15, 0.2) is 18.5 Å². The van der Waals surface area contributed by atoms with E-state index in [1.807, 2.05) is 6.92 Å². The van der Waals surface area contributed by atoms with Crippen LogP contribution >= 0.6 is 0 Å². The first-order valence-corrected chi connectivity index (χ1v) is 5.52. The Kier molecular flexibility index (Phi) is 4.90. The van der Waals surface area contributed by atoms with Crippen LogP contribution in [0, 0.1) is 0 Å². The van der Waals surface area contributed by atoms with Crippen molar-refractivity contribution in [2.75, 3.05) is 18.5 Å². The molecule has 19 heavy (non-hydrogen) atoms. The number of hydrogen-bond acceptors (Lipinski definition) is 3. The van der Waals surface area contributed by atoms with Gasteiger partial charge in [0.2, 0.25) is 0 Å². The standard InChI is InChI=1S/C11H13F5N2O/c1-2-3-18-8-4-9(6-17-5-8)19-7-10(12,13)11(14,15)16/h4-6,18H,2-3,7H2,1H3. The van der Waals surface area contributed by atoms with Crippen molar-refractivity contribution >= 4 is 5.69 Å². The van der Waals surface area contributed by atoms with Crippen molar-refractivity contribution in [3.63, 3.8) is 0 Å². The van der Waals surface area contributed by atoms with Crippen molar-refractivity contribution in [2.45, 2.75) is 25.4 Å². The third kappa shape index (κ3) is 4.53. The van der Waals surface area contributed by atoms with E-state index in [0.29, 0.717) is 12.2 Å². The summed E-state index contributed by atoms with van der Waals surface area (Å²) in [6.45, 7) is 0.782. The fourth-order valence-corrected chi connectivity index (χ4v) is 1.12. The van der Waals surface area contributed by atoms with Crippen LogP contribution in [0.2, 0.25) is 0 Å². The van der Waals surface area contributed by atoms with E-state index in [-0.39, 0.29) is 5.75 Å². The summed E-state index contributed by atoms with van der Waals surface area (Å²) in [4.78, 5) is 3.69. The van der Waals surface area contributed by atoms with Crippen LogP contribution in [0.1, 0.15) is 13.3 Å². The summed E-state index contributed by atoms with van der Waals surface area (Å²) in [5.74, 6) is -5.04. The van der Waals surface area contributed by atoms with Gasteiger partial charge in [0.1, 0.15) is 5.75 Å². The quantitative estimate of drug-likeness (QED) is 0.812. The average molecular weight is 284 g/mol. The molecule has 1 aromatic heterocycles. The predicted molar refractivity (Wildman–Crippen MR) is 59.5 cm³/mol. The maximum atomic E-state index is 12.6. The minimum Gasteiger partial charge on any atom is -0.485 e. The molecule has 1 heterocycles. The Labute approximate surface area is 106 Å². The second-order valence-electron chi connectivity index (χ2n) is 3.83. The molecule has 0 aromatic carbocycles. The minimum atomic E-state index is -5.63. The largest absolute Gasteiger partial charge is 0.485 e. The zero-order chi connectivity index (χ0) is 14.5. The summed E-state index contributed by atoms with van der Waals surface area (Å²) in [5, 5.41) is 2.91. The van der Waals surface area contributed by atoms with E-state index in [1.165, 1.54) is 12.3 Å². The van der Waals surface area contributed by atoms with Crippen LogP contribution in [0.5, 0.6) is 5.75 Å². The van der Waals surface area contributed by atoms with Crippen molar-refractivity contribution < 1.29 is 26.7 Å². The molecule has 0 saturated heterocycles. The Morgan fingerprint density at radius 3 is 2.47 bits per heavy atom. The van der Waals surface area contributed by atoms with E-state index in [2.05, 4.69) is 15.0 Å². The van der Waals surface area contributed by atoms with E-state index >= 15 is 0 Å². The third-order valence-corrected chi connectivity index (χ3v) is 2.13. The van der Waals surface area contributed by atoms with Crippen LogP contribution in [-0.4, -0.2) is 30.2 Å². The van der Waals surface area contributed by atoms with E-state index < -0.39 is 18.7 Å². The first-order chi connectivity index (χ1) is 8.76. The molecule has 0 amide bonds. The Morgan fingerprint density at radius 1 is 1.21 bits per heavy atom. The van der Waals surface area contributed by atoms with E-state index in [9.17, 15) is 22.0 Å². The maximum absolute atomic E-state index is 12.6. The van der Waals surface area contributed by atoms with Gasteiger partial charge < -0.3 is 10.1 Å². The molecule has 8 heteroatoms. The summed E-state index contributed by atoms with van der Waals surface area (Å²) >= 11 is 0. The number of halogens is 5. The van der Waals surface area contributed by atoms with Gasteiger partial charge in [0.15, 0.2) is 6.61 Å². The van der Waals surface area contributed by atoms with Gasteiger partial charge in [-0.2, -0.15) is 22.0 Å².